The molecule has 6 N–H and O–H groups in total. The molecular formula is C15H24N5O7P. The summed E-state index contributed by atoms with van der Waals surface area (Å²) < 4.78 is 22.9. The van der Waals surface area contributed by atoms with Crippen LogP contribution >= 0.6 is 7.82 Å². The first-order valence-corrected chi connectivity index (χ1v) is 10.4. The molecule has 13 heteroatoms. The molecule has 2 aromatic rings. The minimum Gasteiger partial charge on any atom is -0.387 e. The third kappa shape index (κ3) is 3.90. The molecule has 156 valence electrons. The van der Waals surface area contributed by atoms with E-state index in [-0.39, 0.29) is 5.82 Å². The van der Waals surface area contributed by atoms with Gasteiger partial charge in [-0.2, -0.15) is 0 Å². The van der Waals surface area contributed by atoms with E-state index in [0.29, 0.717) is 24.0 Å². The lowest BCUT2D eigenvalue weighted by Crippen LogP contribution is -2.45. The topological polar surface area (TPSA) is 186 Å². The maximum atomic E-state index is 11.0. The number of rotatable bonds is 8. The average Bonchev–Trinajstić information content (AvgIpc) is 3.16. The first kappa shape index (κ1) is 21.1. The van der Waals surface area contributed by atoms with Gasteiger partial charge < -0.3 is 30.5 Å². The van der Waals surface area contributed by atoms with E-state index in [1.165, 1.54) is 17.2 Å². The summed E-state index contributed by atoms with van der Waals surface area (Å²) in [4.78, 5) is 30.1. The third-order valence-electron chi connectivity index (χ3n) is 4.84. The van der Waals surface area contributed by atoms with E-state index in [2.05, 4.69) is 19.5 Å². The smallest absolute Gasteiger partial charge is 0.387 e. The highest BCUT2D eigenvalue weighted by atomic mass is 31.2. The fourth-order valence-electron chi connectivity index (χ4n) is 3.46. The van der Waals surface area contributed by atoms with E-state index >= 15 is 0 Å². The van der Waals surface area contributed by atoms with Crippen molar-refractivity contribution >= 4 is 24.8 Å². The summed E-state index contributed by atoms with van der Waals surface area (Å²) in [5.74, 6) is 0.155. The Labute approximate surface area is 160 Å². The number of anilines is 1. The highest BCUT2D eigenvalue weighted by Crippen LogP contribution is 2.43. The van der Waals surface area contributed by atoms with Crippen molar-refractivity contribution in [3.63, 3.8) is 0 Å². The Morgan fingerprint density at radius 2 is 2.07 bits per heavy atom. The molecule has 1 saturated heterocycles. The number of aliphatic hydroxyl groups is 2. The molecule has 0 radical (unpaired) electrons. The molecule has 0 amide bonds. The Morgan fingerprint density at radius 3 is 2.75 bits per heavy atom. The van der Waals surface area contributed by atoms with Crippen molar-refractivity contribution in [2.24, 2.45) is 0 Å². The Kier molecular flexibility index (Phi) is 6.01. The van der Waals surface area contributed by atoms with Crippen LogP contribution in [0.1, 0.15) is 32.6 Å². The molecule has 28 heavy (non-hydrogen) atoms. The fraction of sp³-hybridized carbons (Fsp3) is 0.667. The fourth-order valence-corrected chi connectivity index (χ4v) is 3.80. The van der Waals surface area contributed by atoms with Gasteiger partial charge in [0.15, 0.2) is 17.2 Å². The van der Waals surface area contributed by atoms with Gasteiger partial charge in [0, 0.05) is 0 Å². The zero-order valence-corrected chi connectivity index (χ0v) is 16.1. The number of hydrogen-bond acceptors (Lipinski definition) is 9. The number of nitrogens with two attached hydrogens (primary N) is 1. The summed E-state index contributed by atoms with van der Waals surface area (Å²) in [7, 11) is -4.77. The summed E-state index contributed by atoms with van der Waals surface area (Å²) in [5, 5.41) is 21.3. The summed E-state index contributed by atoms with van der Waals surface area (Å²) in [5.41, 5.74) is 5.01. The number of imidazole rings is 1. The third-order valence-corrected chi connectivity index (χ3v) is 5.32. The standard InChI is InChI=1S/C15H24N5O7P/c1-2-3-4-5-15(20-8-19-10-13(16)17-7-18-14(10)20)12(22)11(21)9(27-15)6-26-28(23,24)25/h7-9,11-12,21-22H,2-6H2,1H3,(H2,16,17,18)(H2,23,24,25)/t9-,11-,12-,15-/m1/s1. The van der Waals surface area contributed by atoms with Crippen LogP contribution in [0.3, 0.4) is 0 Å². The molecule has 3 rings (SSSR count). The van der Waals surface area contributed by atoms with E-state index in [1.807, 2.05) is 6.92 Å². The number of fused-ring (bicyclic) bond motifs is 1. The van der Waals surface area contributed by atoms with Crippen LogP contribution in [0, 0.1) is 0 Å². The number of nitrogen functional groups attached to an aromatic ring is 1. The number of aromatic nitrogens is 4. The van der Waals surface area contributed by atoms with Gasteiger partial charge in [0.05, 0.1) is 12.9 Å². The molecule has 0 saturated carbocycles. The number of phosphoric acid groups is 1. The van der Waals surface area contributed by atoms with Crippen LogP contribution in [0.15, 0.2) is 12.7 Å². The molecular weight excluding hydrogens is 393 g/mol. The largest absolute Gasteiger partial charge is 0.469 e. The van der Waals surface area contributed by atoms with E-state index in [9.17, 15) is 14.8 Å². The van der Waals surface area contributed by atoms with Crippen molar-refractivity contribution in [3.8, 4) is 0 Å². The predicted octanol–water partition coefficient (Wildman–Crippen LogP) is -0.129. The van der Waals surface area contributed by atoms with Crippen LogP contribution in [0.2, 0.25) is 0 Å². The zero-order chi connectivity index (χ0) is 20.5. The quantitative estimate of drug-likeness (QED) is 0.284. The molecule has 1 aliphatic heterocycles. The van der Waals surface area contributed by atoms with E-state index in [1.54, 1.807) is 0 Å². The van der Waals surface area contributed by atoms with Crippen molar-refractivity contribution in [3.05, 3.63) is 12.7 Å². The molecule has 0 spiro atoms. The van der Waals surface area contributed by atoms with Gasteiger partial charge in [0.25, 0.3) is 0 Å². The number of aliphatic hydroxyl groups excluding tert-OH is 2. The minimum atomic E-state index is -4.77. The van der Waals surface area contributed by atoms with Gasteiger partial charge >= 0.3 is 7.82 Å². The van der Waals surface area contributed by atoms with Crippen LogP contribution in [0.5, 0.6) is 0 Å². The van der Waals surface area contributed by atoms with Gasteiger partial charge in [0.2, 0.25) is 0 Å². The van der Waals surface area contributed by atoms with Crippen molar-refractivity contribution in [2.45, 2.75) is 56.6 Å². The highest BCUT2D eigenvalue weighted by Gasteiger charge is 2.56. The number of unbranched alkanes of at least 4 members (excludes halogenated alkanes) is 2. The molecule has 0 unspecified atom stereocenters. The molecule has 4 atom stereocenters. The summed E-state index contributed by atoms with van der Waals surface area (Å²) in [6, 6.07) is 0. The first-order valence-electron chi connectivity index (χ1n) is 8.87. The lowest BCUT2D eigenvalue weighted by molar-refractivity contribution is -0.150. The first-order chi connectivity index (χ1) is 13.2. The number of hydrogen-bond donors (Lipinski definition) is 5. The maximum Gasteiger partial charge on any atom is 0.469 e. The molecule has 0 aromatic carbocycles. The molecule has 0 aliphatic carbocycles. The van der Waals surface area contributed by atoms with E-state index < -0.39 is 38.5 Å². The van der Waals surface area contributed by atoms with Gasteiger partial charge in [-0.3, -0.25) is 9.09 Å². The molecule has 1 fully saturated rings. The van der Waals surface area contributed by atoms with Crippen molar-refractivity contribution in [1.82, 2.24) is 19.5 Å². The van der Waals surface area contributed by atoms with E-state index in [0.717, 1.165) is 12.8 Å². The normalized spacial score (nSPS) is 28.2. The molecule has 1 aliphatic rings. The van der Waals surface area contributed by atoms with Crippen LogP contribution in [0.4, 0.5) is 5.82 Å². The van der Waals surface area contributed by atoms with Gasteiger partial charge in [0.1, 0.15) is 30.2 Å². The SMILES string of the molecule is CCCCC[C@@]1(n2cnc3c(N)ncnc32)O[C@H](COP(=O)(O)O)[C@@H](O)[C@H]1O. The molecule has 2 aromatic heterocycles. The van der Waals surface area contributed by atoms with Crippen molar-refractivity contribution < 1.29 is 33.8 Å². The number of ether oxygens (including phenoxy) is 1. The second-order valence-electron chi connectivity index (χ2n) is 6.73. The van der Waals surface area contributed by atoms with Crippen LogP contribution in [-0.2, 0) is 19.6 Å². The zero-order valence-electron chi connectivity index (χ0n) is 15.2. The van der Waals surface area contributed by atoms with Gasteiger partial charge in [-0.1, -0.05) is 19.8 Å². The predicted molar refractivity (Wildman–Crippen MR) is 96.7 cm³/mol. The van der Waals surface area contributed by atoms with Gasteiger partial charge in [-0.15, -0.1) is 0 Å². The summed E-state index contributed by atoms with van der Waals surface area (Å²) in [6.07, 6.45) is 1.36. The second kappa shape index (κ2) is 7.99. The van der Waals surface area contributed by atoms with E-state index in [4.69, 9.17) is 20.3 Å². The van der Waals surface area contributed by atoms with Crippen LogP contribution in [0.25, 0.3) is 11.2 Å². The second-order valence-corrected chi connectivity index (χ2v) is 7.97. The van der Waals surface area contributed by atoms with Crippen LogP contribution in [-0.4, -0.2) is 64.4 Å². The lowest BCUT2D eigenvalue weighted by Gasteiger charge is -2.34. The van der Waals surface area contributed by atoms with Crippen molar-refractivity contribution in [2.75, 3.05) is 12.3 Å². The number of nitrogens with zero attached hydrogens (tertiary/aromatic N) is 4. The maximum absolute atomic E-state index is 11.0. The van der Waals surface area contributed by atoms with Gasteiger partial charge in [-0.25, -0.2) is 19.5 Å². The van der Waals surface area contributed by atoms with Crippen LogP contribution < -0.4 is 5.73 Å². The summed E-state index contributed by atoms with van der Waals surface area (Å²) >= 11 is 0. The Hall–Kier alpha value is -1.66. The highest BCUT2D eigenvalue weighted by molar-refractivity contribution is 7.46. The van der Waals surface area contributed by atoms with Gasteiger partial charge in [-0.05, 0) is 12.8 Å². The minimum absolute atomic E-state index is 0.155. The summed E-state index contributed by atoms with van der Waals surface area (Å²) in [6.45, 7) is 1.42. The average molecular weight is 417 g/mol. The number of phosphoric ester groups is 1. The Bertz CT molecular complexity index is 874. The van der Waals surface area contributed by atoms with Crippen molar-refractivity contribution in [1.29, 1.82) is 0 Å². The lowest BCUT2D eigenvalue weighted by atomic mass is 9.96. The Balaban J connectivity index is 2.00. The molecule has 12 nitrogen and oxygen atoms in total. The molecule has 3 heterocycles. The Morgan fingerprint density at radius 1 is 1.32 bits per heavy atom. The molecule has 0 bridgehead atoms. The monoisotopic (exact) mass is 417 g/mol.